The number of rotatable bonds is 4. The number of anilines is 1. The van der Waals surface area contributed by atoms with E-state index in [1.54, 1.807) is 7.11 Å². The van der Waals surface area contributed by atoms with Crippen molar-refractivity contribution in [3.63, 3.8) is 0 Å². The number of hydrogen-bond donors (Lipinski definition) is 1. The maximum Gasteiger partial charge on any atom is 0.120 e. The van der Waals surface area contributed by atoms with Gasteiger partial charge in [0.15, 0.2) is 0 Å². The molecular formula is C17H21N3O. The Morgan fingerprint density at radius 3 is 3.00 bits per heavy atom. The summed E-state index contributed by atoms with van der Waals surface area (Å²) in [7, 11) is 1.70. The Bertz CT molecular complexity index is 600. The van der Waals surface area contributed by atoms with Gasteiger partial charge in [-0.05, 0) is 36.1 Å². The normalized spacial score (nSPS) is 18.0. The number of aromatic nitrogens is 1. The van der Waals surface area contributed by atoms with Crippen LogP contribution in [0.5, 0.6) is 5.75 Å². The van der Waals surface area contributed by atoms with Crippen LogP contribution >= 0.6 is 0 Å². The zero-order valence-electron chi connectivity index (χ0n) is 12.3. The van der Waals surface area contributed by atoms with Crippen LogP contribution in [-0.4, -0.2) is 18.6 Å². The second-order valence-corrected chi connectivity index (χ2v) is 5.34. The minimum atomic E-state index is 0.371. The standard InChI is InChI=1S/C17H21N3O/c1-21-15-7-6-13(11-18)17(10-15)20-9-3-5-16(20)14-4-2-8-19-12-14/h2,4,6-8,10,12,16H,3,5,9,11,18H2,1H3. The quantitative estimate of drug-likeness (QED) is 0.937. The monoisotopic (exact) mass is 283 g/mol. The summed E-state index contributed by atoms with van der Waals surface area (Å²) in [6.07, 6.45) is 6.11. The molecule has 1 aromatic heterocycles. The molecule has 110 valence electrons. The Labute approximate surface area is 125 Å². The van der Waals surface area contributed by atoms with Gasteiger partial charge in [0.2, 0.25) is 0 Å². The molecule has 4 nitrogen and oxygen atoms in total. The van der Waals surface area contributed by atoms with Gasteiger partial charge in [0.25, 0.3) is 0 Å². The van der Waals surface area contributed by atoms with Crippen LogP contribution in [0.4, 0.5) is 5.69 Å². The molecule has 1 unspecified atom stereocenters. The molecule has 1 aliphatic rings. The average molecular weight is 283 g/mol. The molecule has 0 radical (unpaired) electrons. The smallest absolute Gasteiger partial charge is 0.120 e. The van der Waals surface area contributed by atoms with E-state index in [0.29, 0.717) is 12.6 Å². The zero-order chi connectivity index (χ0) is 14.7. The number of pyridine rings is 1. The second kappa shape index (κ2) is 6.14. The zero-order valence-corrected chi connectivity index (χ0v) is 12.3. The molecule has 2 aromatic rings. The van der Waals surface area contributed by atoms with Crippen LogP contribution in [0, 0.1) is 0 Å². The maximum atomic E-state index is 5.91. The van der Waals surface area contributed by atoms with E-state index in [1.807, 2.05) is 24.5 Å². The fourth-order valence-electron chi connectivity index (χ4n) is 3.09. The molecule has 0 spiro atoms. The molecule has 21 heavy (non-hydrogen) atoms. The maximum absolute atomic E-state index is 5.91. The third kappa shape index (κ3) is 2.72. The number of benzene rings is 1. The van der Waals surface area contributed by atoms with Crippen molar-refractivity contribution >= 4 is 5.69 Å². The summed E-state index contributed by atoms with van der Waals surface area (Å²) >= 11 is 0. The lowest BCUT2D eigenvalue weighted by Gasteiger charge is -2.29. The molecule has 0 aliphatic carbocycles. The van der Waals surface area contributed by atoms with E-state index in [-0.39, 0.29) is 0 Å². The summed E-state index contributed by atoms with van der Waals surface area (Å²) in [5.41, 5.74) is 9.52. The molecular weight excluding hydrogens is 262 g/mol. The number of nitrogens with zero attached hydrogens (tertiary/aromatic N) is 2. The molecule has 1 saturated heterocycles. The van der Waals surface area contributed by atoms with Crippen LogP contribution in [0.15, 0.2) is 42.7 Å². The van der Waals surface area contributed by atoms with Crippen molar-refractivity contribution in [3.05, 3.63) is 53.9 Å². The Balaban J connectivity index is 1.98. The topological polar surface area (TPSA) is 51.4 Å². The minimum absolute atomic E-state index is 0.371. The van der Waals surface area contributed by atoms with E-state index in [4.69, 9.17) is 10.5 Å². The highest BCUT2D eigenvalue weighted by atomic mass is 16.5. The van der Waals surface area contributed by atoms with E-state index in [1.165, 1.54) is 17.7 Å². The molecule has 4 heteroatoms. The highest BCUT2D eigenvalue weighted by Gasteiger charge is 2.27. The predicted molar refractivity (Wildman–Crippen MR) is 84.4 cm³/mol. The van der Waals surface area contributed by atoms with E-state index < -0.39 is 0 Å². The number of methoxy groups -OCH3 is 1. The van der Waals surface area contributed by atoms with Crippen molar-refractivity contribution in [1.82, 2.24) is 4.98 Å². The predicted octanol–water partition coefficient (Wildman–Crippen LogP) is 2.89. The van der Waals surface area contributed by atoms with Crippen molar-refractivity contribution in [2.24, 2.45) is 5.73 Å². The van der Waals surface area contributed by atoms with Crippen LogP contribution in [0.3, 0.4) is 0 Å². The first-order valence-corrected chi connectivity index (χ1v) is 7.37. The molecule has 0 bridgehead atoms. The van der Waals surface area contributed by atoms with Gasteiger partial charge in [0.1, 0.15) is 5.75 Å². The van der Waals surface area contributed by atoms with Crippen LogP contribution in [0.1, 0.15) is 30.0 Å². The van der Waals surface area contributed by atoms with Gasteiger partial charge in [-0.2, -0.15) is 0 Å². The highest BCUT2D eigenvalue weighted by molar-refractivity contribution is 5.59. The first kappa shape index (κ1) is 13.9. The van der Waals surface area contributed by atoms with Gasteiger partial charge in [-0.25, -0.2) is 0 Å². The first-order chi connectivity index (χ1) is 10.3. The fourth-order valence-corrected chi connectivity index (χ4v) is 3.09. The molecule has 2 N–H and O–H groups in total. The highest BCUT2D eigenvalue weighted by Crippen LogP contribution is 2.38. The van der Waals surface area contributed by atoms with Crippen molar-refractivity contribution in [2.45, 2.75) is 25.4 Å². The molecule has 2 heterocycles. The summed E-state index contributed by atoms with van der Waals surface area (Å²) in [5, 5.41) is 0. The third-order valence-corrected chi connectivity index (χ3v) is 4.14. The summed E-state index contributed by atoms with van der Waals surface area (Å²) in [4.78, 5) is 6.69. The Morgan fingerprint density at radius 1 is 1.38 bits per heavy atom. The van der Waals surface area contributed by atoms with Crippen LogP contribution in [0.2, 0.25) is 0 Å². The van der Waals surface area contributed by atoms with Crippen LogP contribution in [-0.2, 0) is 6.54 Å². The van der Waals surface area contributed by atoms with Crippen molar-refractivity contribution < 1.29 is 4.74 Å². The Hall–Kier alpha value is -2.07. The number of ether oxygens (including phenoxy) is 1. The molecule has 3 rings (SSSR count). The third-order valence-electron chi connectivity index (χ3n) is 4.14. The lowest BCUT2D eigenvalue weighted by molar-refractivity contribution is 0.414. The van der Waals surface area contributed by atoms with Gasteiger partial charge in [-0.15, -0.1) is 0 Å². The SMILES string of the molecule is COc1ccc(CN)c(N2CCCC2c2cccnc2)c1. The van der Waals surface area contributed by atoms with Crippen LogP contribution in [0.25, 0.3) is 0 Å². The summed E-state index contributed by atoms with van der Waals surface area (Å²) in [6.45, 7) is 1.58. The largest absolute Gasteiger partial charge is 0.497 e. The molecule has 0 saturated carbocycles. The number of nitrogens with two attached hydrogens (primary N) is 1. The van der Waals surface area contributed by atoms with E-state index in [2.05, 4.69) is 28.1 Å². The van der Waals surface area contributed by atoms with Gasteiger partial charge in [-0.3, -0.25) is 4.98 Å². The van der Waals surface area contributed by atoms with Gasteiger partial charge in [0.05, 0.1) is 13.2 Å². The Kier molecular flexibility index (Phi) is 4.06. The lowest BCUT2D eigenvalue weighted by Crippen LogP contribution is -2.24. The minimum Gasteiger partial charge on any atom is -0.497 e. The van der Waals surface area contributed by atoms with Crippen molar-refractivity contribution in [3.8, 4) is 5.75 Å². The fraction of sp³-hybridized carbons (Fsp3) is 0.353. The van der Waals surface area contributed by atoms with Crippen molar-refractivity contribution in [2.75, 3.05) is 18.6 Å². The molecule has 1 atom stereocenters. The molecule has 0 amide bonds. The molecule has 1 aromatic carbocycles. The van der Waals surface area contributed by atoms with Gasteiger partial charge in [0, 0.05) is 37.2 Å². The Morgan fingerprint density at radius 2 is 2.29 bits per heavy atom. The van der Waals surface area contributed by atoms with E-state index >= 15 is 0 Å². The van der Waals surface area contributed by atoms with Crippen molar-refractivity contribution in [1.29, 1.82) is 0 Å². The van der Waals surface area contributed by atoms with Gasteiger partial charge in [-0.1, -0.05) is 12.1 Å². The summed E-state index contributed by atoms with van der Waals surface area (Å²) in [6, 6.07) is 10.7. The number of hydrogen-bond acceptors (Lipinski definition) is 4. The summed E-state index contributed by atoms with van der Waals surface area (Å²) in [5.74, 6) is 0.874. The van der Waals surface area contributed by atoms with E-state index in [9.17, 15) is 0 Å². The first-order valence-electron chi connectivity index (χ1n) is 7.37. The lowest BCUT2D eigenvalue weighted by atomic mass is 10.0. The molecule has 1 aliphatic heterocycles. The summed E-state index contributed by atoms with van der Waals surface area (Å²) < 4.78 is 5.38. The van der Waals surface area contributed by atoms with Gasteiger partial charge < -0.3 is 15.4 Å². The molecule has 1 fully saturated rings. The second-order valence-electron chi connectivity index (χ2n) is 5.34. The van der Waals surface area contributed by atoms with E-state index in [0.717, 1.165) is 24.3 Å². The van der Waals surface area contributed by atoms with Crippen LogP contribution < -0.4 is 15.4 Å². The average Bonchev–Trinajstić information content (AvgIpc) is 3.04. The van der Waals surface area contributed by atoms with Gasteiger partial charge >= 0.3 is 0 Å².